The number of anilines is 2. The average Bonchev–Trinajstić information content (AvgIpc) is 3.94. The van der Waals surface area contributed by atoms with Crippen molar-refractivity contribution in [1.82, 2.24) is 9.80 Å². The van der Waals surface area contributed by atoms with Crippen LogP contribution in [0, 0.1) is 0 Å². The number of amides is 2. The largest absolute Gasteiger partial charge is 0.496 e. The summed E-state index contributed by atoms with van der Waals surface area (Å²) in [7, 11) is 2.91. The molecule has 59 heavy (non-hydrogen) atoms. The summed E-state index contributed by atoms with van der Waals surface area (Å²) in [6, 6.07) is 23.8. The van der Waals surface area contributed by atoms with Crippen molar-refractivity contribution in [2.24, 2.45) is 0 Å². The Kier molecular flexibility index (Phi) is 15.1. The monoisotopic (exact) mass is 808 g/mol. The number of nitrogens with one attached hydrogen (secondary N) is 2. The molecule has 2 atom stereocenters. The summed E-state index contributed by atoms with van der Waals surface area (Å²) in [5.74, 6) is 0.0428. The molecule has 2 amide bonds. The Morgan fingerprint density at radius 3 is 1.39 bits per heavy atom. The van der Waals surface area contributed by atoms with E-state index in [0.29, 0.717) is 43.7 Å². The molecule has 0 spiro atoms. The van der Waals surface area contributed by atoms with E-state index in [0.717, 1.165) is 24.0 Å². The highest BCUT2D eigenvalue weighted by atomic mass is 16.5. The van der Waals surface area contributed by atoms with Gasteiger partial charge < -0.3 is 39.8 Å². The quantitative estimate of drug-likeness (QED) is 0.0687. The zero-order valence-electron chi connectivity index (χ0n) is 33.5. The van der Waals surface area contributed by atoms with Gasteiger partial charge in [-0.05, 0) is 48.9 Å². The number of rotatable bonds is 20. The molecule has 4 N–H and O–H groups in total. The summed E-state index contributed by atoms with van der Waals surface area (Å²) in [6.45, 7) is 0.952. The number of ether oxygens (including phenoxy) is 4. The van der Waals surface area contributed by atoms with Gasteiger partial charge in [-0.25, -0.2) is 0 Å². The fourth-order valence-corrected chi connectivity index (χ4v) is 7.60. The SMILES string of the molecule is COc1cc(OCCCOc2cc(OC)c(C(=O)C3CCCN3CO)cc2NC(=O)Cc2ccccc2)c(NC(=O)Cc2ccccc2)cc1C(=O)C1CCCN1CO. The van der Waals surface area contributed by atoms with E-state index in [9.17, 15) is 29.4 Å². The number of Topliss-reactive ketones (excluding diaryl/α,β-unsaturated/α-hetero) is 2. The second kappa shape index (κ2) is 20.8. The first-order valence-electron chi connectivity index (χ1n) is 19.9. The van der Waals surface area contributed by atoms with E-state index in [4.69, 9.17) is 18.9 Å². The van der Waals surface area contributed by atoms with Crippen LogP contribution in [-0.2, 0) is 22.4 Å². The van der Waals surface area contributed by atoms with E-state index in [1.165, 1.54) is 14.2 Å². The van der Waals surface area contributed by atoms with Crippen molar-refractivity contribution < 1.29 is 48.3 Å². The molecule has 6 rings (SSSR count). The number of aliphatic hydroxyl groups excluding tert-OH is 2. The molecule has 0 aromatic heterocycles. The summed E-state index contributed by atoms with van der Waals surface area (Å²) in [6.07, 6.45) is 3.26. The number of aliphatic hydroxyl groups is 2. The Balaban J connectivity index is 1.20. The maximum atomic E-state index is 13.8. The van der Waals surface area contributed by atoms with Crippen molar-refractivity contribution in [2.75, 3.05) is 64.6 Å². The van der Waals surface area contributed by atoms with Gasteiger partial charge in [0.2, 0.25) is 11.8 Å². The minimum atomic E-state index is -0.526. The number of carbonyl (C=O) groups is 4. The van der Waals surface area contributed by atoms with E-state index >= 15 is 0 Å². The lowest BCUT2D eigenvalue weighted by atomic mass is 10.00. The smallest absolute Gasteiger partial charge is 0.228 e. The van der Waals surface area contributed by atoms with E-state index in [2.05, 4.69) is 10.6 Å². The third-order valence-corrected chi connectivity index (χ3v) is 10.6. The Bertz CT molecular complexity index is 1930. The van der Waals surface area contributed by atoms with Gasteiger partial charge in [-0.2, -0.15) is 0 Å². The third-order valence-electron chi connectivity index (χ3n) is 10.6. The van der Waals surface area contributed by atoms with Crippen LogP contribution in [0.4, 0.5) is 11.4 Å². The summed E-state index contributed by atoms with van der Waals surface area (Å²) in [5, 5.41) is 25.6. The van der Waals surface area contributed by atoms with Gasteiger partial charge in [0.05, 0.1) is 88.3 Å². The minimum absolute atomic E-state index is 0.1000. The normalized spacial score (nSPS) is 16.7. The van der Waals surface area contributed by atoms with Crippen molar-refractivity contribution in [3.8, 4) is 23.0 Å². The summed E-state index contributed by atoms with van der Waals surface area (Å²) >= 11 is 0. The van der Waals surface area contributed by atoms with Crippen LogP contribution in [0.2, 0.25) is 0 Å². The maximum absolute atomic E-state index is 13.8. The predicted octanol–water partition coefficient (Wildman–Crippen LogP) is 5.11. The summed E-state index contributed by atoms with van der Waals surface area (Å²) in [5.41, 5.74) is 2.74. The van der Waals surface area contributed by atoms with Crippen LogP contribution in [0.25, 0.3) is 0 Å². The van der Waals surface area contributed by atoms with Gasteiger partial charge in [0.1, 0.15) is 23.0 Å². The summed E-state index contributed by atoms with van der Waals surface area (Å²) < 4.78 is 23.7. The molecule has 0 saturated carbocycles. The first-order chi connectivity index (χ1) is 28.7. The molecule has 0 aliphatic carbocycles. The van der Waals surface area contributed by atoms with Crippen LogP contribution >= 0.6 is 0 Å². The first kappa shape index (κ1) is 42.8. The molecule has 2 aliphatic heterocycles. The number of methoxy groups -OCH3 is 2. The van der Waals surface area contributed by atoms with Crippen molar-refractivity contribution in [1.29, 1.82) is 0 Å². The molecular formula is C45H52N4O10. The van der Waals surface area contributed by atoms with E-state index in [1.54, 1.807) is 34.1 Å². The number of benzene rings is 4. The molecule has 2 heterocycles. The molecule has 4 aromatic rings. The molecule has 4 aromatic carbocycles. The van der Waals surface area contributed by atoms with Crippen LogP contribution < -0.4 is 29.6 Å². The van der Waals surface area contributed by atoms with Gasteiger partial charge in [0, 0.05) is 31.6 Å². The standard InChI is InChI=1S/C45H52N4O10/c1-56-38-26-40(34(46-42(52)22-30-12-5-3-6-13-30)24-32(38)44(54)36-16-9-18-48(36)28-50)58-20-11-21-59-41-27-39(57-2)33(45(55)37-17-10-19-49(37)29-51)25-35(41)47-43(53)23-31-14-7-4-8-15-31/h3-8,12-15,24-27,36-37,50-51H,9-11,16-23,28-29H2,1-2H3,(H,46,52)(H,47,53). The van der Waals surface area contributed by atoms with Gasteiger partial charge in [-0.3, -0.25) is 29.0 Å². The highest BCUT2D eigenvalue weighted by molar-refractivity contribution is 6.06. The zero-order chi connectivity index (χ0) is 41.7. The molecule has 2 aliphatic rings. The lowest BCUT2D eigenvalue weighted by Crippen LogP contribution is -2.36. The van der Waals surface area contributed by atoms with E-state index in [1.807, 2.05) is 60.7 Å². The molecule has 14 heteroatoms. The fraction of sp³-hybridized carbons (Fsp3) is 0.378. The molecule has 0 bridgehead atoms. The maximum Gasteiger partial charge on any atom is 0.228 e. The number of nitrogens with zero attached hydrogens (tertiary/aromatic N) is 2. The molecule has 2 saturated heterocycles. The van der Waals surface area contributed by atoms with Crippen molar-refractivity contribution in [2.45, 2.75) is 57.0 Å². The highest BCUT2D eigenvalue weighted by Gasteiger charge is 2.34. The summed E-state index contributed by atoms with van der Waals surface area (Å²) in [4.78, 5) is 57.5. The second-order valence-electron chi connectivity index (χ2n) is 14.5. The molecule has 2 unspecified atom stereocenters. The van der Waals surface area contributed by atoms with Crippen molar-refractivity contribution in [3.05, 3.63) is 107 Å². The van der Waals surface area contributed by atoms with Gasteiger partial charge >= 0.3 is 0 Å². The van der Waals surface area contributed by atoms with Gasteiger partial charge in [-0.1, -0.05) is 60.7 Å². The molecule has 2 fully saturated rings. The topological polar surface area (TPSA) is 176 Å². The van der Waals surface area contributed by atoms with Crippen molar-refractivity contribution in [3.63, 3.8) is 0 Å². The molecule has 0 radical (unpaired) electrons. The Hall–Kier alpha value is -5.80. The minimum Gasteiger partial charge on any atom is -0.496 e. The van der Waals surface area contributed by atoms with Gasteiger partial charge in [0.15, 0.2) is 11.6 Å². The average molecular weight is 809 g/mol. The Labute approximate surface area is 344 Å². The lowest BCUT2D eigenvalue weighted by molar-refractivity contribution is -0.116. The first-order valence-corrected chi connectivity index (χ1v) is 19.9. The van der Waals surface area contributed by atoms with E-state index < -0.39 is 12.1 Å². The van der Waals surface area contributed by atoms with Crippen molar-refractivity contribution >= 4 is 34.8 Å². The van der Waals surface area contributed by atoms with E-state index in [-0.39, 0.29) is 97.0 Å². The molecule has 312 valence electrons. The number of hydrogen-bond donors (Lipinski definition) is 4. The van der Waals surface area contributed by atoms with Gasteiger partial charge in [0.25, 0.3) is 0 Å². The molecule has 14 nitrogen and oxygen atoms in total. The lowest BCUT2D eigenvalue weighted by Gasteiger charge is -2.23. The highest BCUT2D eigenvalue weighted by Crippen LogP contribution is 2.38. The van der Waals surface area contributed by atoms with Crippen LogP contribution in [0.5, 0.6) is 23.0 Å². The Morgan fingerprint density at radius 1 is 0.610 bits per heavy atom. The Morgan fingerprint density at radius 2 is 1.02 bits per heavy atom. The number of ketones is 2. The number of carbonyl (C=O) groups excluding carboxylic acids is 4. The predicted molar refractivity (Wildman–Crippen MR) is 221 cm³/mol. The van der Waals surface area contributed by atoms with Crippen LogP contribution in [0.1, 0.15) is 63.9 Å². The second-order valence-corrected chi connectivity index (χ2v) is 14.5. The fourth-order valence-electron chi connectivity index (χ4n) is 7.60. The van der Waals surface area contributed by atoms with Crippen LogP contribution in [0.15, 0.2) is 84.9 Å². The number of hydrogen-bond acceptors (Lipinski definition) is 12. The molecular weight excluding hydrogens is 757 g/mol. The van der Waals surface area contributed by atoms with Crippen LogP contribution in [-0.4, -0.2) is 109 Å². The third kappa shape index (κ3) is 10.8. The van der Waals surface area contributed by atoms with Gasteiger partial charge in [-0.15, -0.1) is 0 Å². The van der Waals surface area contributed by atoms with Crippen LogP contribution in [0.3, 0.4) is 0 Å². The number of likely N-dealkylation sites (tertiary alicyclic amines) is 2. The zero-order valence-corrected chi connectivity index (χ0v) is 33.5.